The van der Waals surface area contributed by atoms with Crippen LogP contribution in [0.15, 0.2) is 41.0 Å². The number of rotatable bonds is 4. The molecule has 0 saturated carbocycles. The zero-order valence-corrected chi connectivity index (χ0v) is 11.8. The van der Waals surface area contributed by atoms with Crippen molar-refractivity contribution in [3.63, 3.8) is 0 Å². The summed E-state index contributed by atoms with van der Waals surface area (Å²) in [6.07, 6.45) is 1.58. The minimum atomic E-state index is -1.04. The molecule has 1 aromatic carbocycles. The predicted molar refractivity (Wildman–Crippen MR) is 74.6 cm³/mol. The molecule has 0 saturated heterocycles. The summed E-state index contributed by atoms with van der Waals surface area (Å²) in [4.78, 5) is 22.5. The summed E-state index contributed by atoms with van der Waals surface area (Å²) in [5.74, 6) is -1.18. The Morgan fingerprint density at radius 3 is 2.63 bits per heavy atom. The summed E-state index contributed by atoms with van der Waals surface area (Å²) >= 11 is 3.37. The number of Topliss-reactive ketones (excluding diaryl/α,β-unsaturated/α-hetero) is 1. The van der Waals surface area contributed by atoms with Crippen LogP contribution in [0.5, 0.6) is 0 Å². The van der Waals surface area contributed by atoms with Gasteiger partial charge in [-0.1, -0.05) is 28.1 Å². The number of carbonyl (C=O) groups excluding carboxylic acids is 1. The fourth-order valence-corrected chi connectivity index (χ4v) is 2.29. The molecule has 2 aromatic rings. The lowest BCUT2D eigenvalue weighted by molar-refractivity contribution is 0.0685. The molecule has 4 nitrogen and oxygen atoms in total. The Labute approximate surface area is 118 Å². The maximum Gasteiger partial charge on any atom is 0.352 e. The molecule has 1 heterocycles. The Bertz CT molecular complexity index is 646. The first-order chi connectivity index (χ1) is 8.97. The molecule has 1 aromatic heterocycles. The second kappa shape index (κ2) is 5.40. The van der Waals surface area contributed by atoms with Crippen molar-refractivity contribution in [2.24, 2.45) is 0 Å². The largest absolute Gasteiger partial charge is 0.477 e. The van der Waals surface area contributed by atoms with E-state index in [-0.39, 0.29) is 11.5 Å². The van der Waals surface area contributed by atoms with E-state index in [4.69, 9.17) is 5.11 Å². The van der Waals surface area contributed by atoms with E-state index in [1.807, 2.05) is 24.3 Å². The van der Waals surface area contributed by atoms with Crippen LogP contribution in [0.25, 0.3) is 0 Å². The Morgan fingerprint density at radius 2 is 2.05 bits per heavy atom. The molecule has 0 fully saturated rings. The summed E-state index contributed by atoms with van der Waals surface area (Å²) in [5, 5.41) is 9.15. The fraction of sp³-hybridized carbons (Fsp3) is 0.143. The van der Waals surface area contributed by atoms with E-state index in [9.17, 15) is 9.59 Å². The molecule has 0 unspecified atom stereocenters. The molecule has 0 bridgehead atoms. The van der Waals surface area contributed by atoms with Gasteiger partial charge in [-0.15, -0.1) is 0 Å². The van der Waals surface area contributed by atoms with Crippen molar-refractivity contribution in [2.75, 3.05) is 0 Å². The van der Waals surface area contributed by atoms with Crippen LogP contribution >= 0.6 is 15.9 Å². The maximum atomic E-state index is 11.3. The fourth-order valence-electron chi connectivity index (χ4n) is 1.84. The minimum Gasteiger partial charge on any atom is -0.477 e. The Morgan fingerprint density at radius 1 is 1.32 bits per heavy atom. The van der Waals surface area contributed by atoms with E-state index < -0.39 is 5.97 Å². The van der Waals surface area contributed by atoms with Crippen LogP contribution in [0, 0.1) is 0 Å². The number of halogens is 1. The highest BCUT2D eigenvalue weighted by Gasteiger charge is 2.14. The summed E-state index contributed by atoms with van der Waals surface area (Å²) in [6.45, 7) is 1.83. The minimum absolute atomic E-state index is 0.116. The number of aromatic carboxylic acids is 1. The zero-order chi connectivity index (χ0) is 14.0. The van der Waals surface area contributed by atoms with E-state index in [0.29, 0.717) is 12.1 Å². The van der Waals surface area contributed by atoms with Crippen LogP contribution in [0.3, 0.4) is 0 Å². The molecular weight excluding hydrogens is 310 g/mol. The number of nitrogens with zero attached hydrogens (tertiary/aromatic N) is 1. The molecule has 2 rings (SSSR count). The third-order valence-corrected chi connectivity index (χ3v) is 3.26. The highest BCUT2D eigenvalue weighted by atomic mass is 79.9. The van der Waals surface area contributed by atoms with E-state index >= 15 is 0 Å². The number of hydrogen-bond acceptors (Lipinski definition) is 2. The van der Waals surface area contributed by atoms with Crippen molar-refractivity contribution >= 4 is 27.7 Å². The van der Waals surface area contributed by atoms with Gasteiger partial charge in [-0.3, -0.25) is 4.79 Å². The van der Waals surface area contributed by atoms with Crippen molar-refractivity contribution < 1.29 is 14.7 Å². The van der Waals surface area contributed by atoms with Gasteiger partial charge in [-0.25, -0.2) is 4.79 Å². The molecule has 19 heavy (non-hydrogen) atoms. The number of hydrogen-bond donors (Lipinski definition) is 1. The Balaban J connectivity index is 2.38. The SMILES string of the molecule is CC(=O)c1cc(C(=O)O)n(Cc2cccc(Br)c2)c1. The predicted octanol–water partition coefficient (Wildman–Crippen LogP) is 3.20. The van der Waals surface area contributed by atoms with E-state index in [2.05, 4.69) is 15.9 Å². The number of aromatic nitrogens is 1. The van der Waals surface area contributed by atoms with Crippen molar-refractivity contribution in [2.45, 2.75) is 13.5 Å². The highest BCUT2D eigenvalue weighted by Crippen LogP contribution is 2.16. The van der Waals surface area contributed by atoms with Gasteiger partial charge in [-0.2, -0.15) is 0 Å². The van der Waals surface area contributed by atoms with Crippen molar-refractivity contribution in [3.8, 4) is 0 Å². The smallest absolute Gasteiger partial charge is 0.352 e. The molecule has 0 aliphatic heterocycles. The summed E-state index contributed by atoms with van der Waals surface area (Å²) in [6, 6.07) is 9.01. The van der Waals surface area contributed by atoms with Crippen LogP contribution in [0.2, 0.25) is 0 Å². The maximum absolute atomic E-state index is 11.3. The van der Waals surface area contributed by atoms with Gasteiger partial charge in [0.25, 0.3) is 0 Å². The van der Waals surface area contributed by atoms with Crippen LogP contribution in [-0.4, -0.2) is 21.4 Å². The van der Waals surface area contributed by atoms with Gasteiger partial charge in [0.05, 0.1) is 0 Å². The number of carboxylic acids is 1. The summed E-state index contributed by atoms with van der Waals surface area (Å²) in [5.41, 5.74) is 1.49. The van der Waals surface area contributed by atoms with Crippen LogP contribution < -0.4 is 0 Å². The van der Waals surface area contributed by atoms with Gasteiger partial charge in [0, 0.05) is 22.8 Å². The first-order valence-electron chi connectivity index (χ1n) is 5.66. The van der Waals surface area contributed by atoms with Gasteiger partial charge in [0.15, 0.2) is 5.78 Å². The lowest BCUT2D eigenvalue weighted by Crippen LogP contribution is -2.08. The second-order valence-corrected chi connectivity index (χ2v) is 5.15. The van der Waals surface area contributed by atoms with Gasteiger partial charge in [0.1, 0.15) is 5.69 Å². The molecule has 5 heteroatoms. The number of carboxylic acid groups (broad SMARTS) is 1. The van der Waals surface area contributed by atoms with E-state index in [1.54, 1.807) is 10.8 Å². The second-order valence-electron chi connectivity index (χ2n) is 4.23. The molecule has 0 aliphatic carbocycles. The number of benzene rings is 1. The molecule has 0 atom stereocenters. The van der Waals surface area contributed by atoms with Gasteiger partial charge < -0.3 is 9.67 Å². The standard InChI is InChI=1S/C14H12BrNO3/c1-9(17)11-6-13(14(18)19)16(8-11)7-10-3-2-4-12(15)5-10/h2-6,8H,7H2,1H3,(H,18,19). The van der Waals surface area contributed by atoms with Crippen LogP contribution in [0.4, 0.5) is 0 Å². The average molecular weight is 322 g/mol. The first kappa shape index (κ1) is 13.5. The molecule has 0 radical (unpaired) electrons. The summed E-state index contributed by atoms with van der Waals surface area (Å²) < 4.78 is 2.50. The summed E-state index contributed by atoms with van der Waals surface area (Å²) in [7, 11) is 0. The van der Waals surface area contributed by atoms with Gasteiger partial charge >= 0.3 is 5.97 Å². The third-order valence-electron chi connectivity index (χ3n) is 2.76. The molecule has 0 spiro atoms. The molecule has 0 aliphatic rings. The van der Waals surface area contributed by atoms with Crippen molar-refractivity contribution in [3.05, 3.63) is 57.8 Å². The number of ketones is 1. The zero-order valence-electron chi connectivity index (χ0n) is 10.3. The molecule has 98 valence electrons. The van der Waals surface area contributed by atoms with Gasteiger partial charge in [0.2, 0.25) is 0 Å². The molecule has 1 N–H and O–H groups in total. The van der Waals surface area contributed by atoms with E-state index in [1.165, 1.54) is 13.0 Å². The van der Waals surface area contributed by atoms with Crippen molar-refractivity contribution in [1.82, 2.24) is 4.57 Å². The monoisotopic (exact) mass is 321 g/mol. The lowest BCUT2D eigenvalue weighted by atomic mass is 10.2. The topological polar surface area (TPSA) is 59.3 Å². The van der Waals surface area contributed by atoms with Crippen molar-refractivity contribution in [1.29, 1.82) is 0 Å². The normalized spacial score (nSPS) is 10.4. The average Bonchev–Trinajstić information content (AvgIpc) is 2.73. The Hall–Kier alpha value is -1.88. The van der Waals surface area contributed by atoms with Crippen LogP contribution in [-0.2, 0) is 6.54 Å². The highest BCUT2D eigenvalue weighted by molar-refractivity contribution is 9.10. The molecular formula is C14H12BrNO3. The van der Waals surface area contributed by atoms with Gasteiger partial charge in [-0.05, 0) is 30.7 Å². The third kappa shape index (κ3) is 3.12. The molecule has 0 amide bonds. The number of carbonyl (C=O) groups is 2. The first-order valence-corrected chi connectivity index (χ1v) is 6.45. The van der Waals surface area contributed by atoms with E-state index in [0.717, 1.165) is 10.0 Å². The Kier molecular flexibility index (Phi) is 3.85. The lowest BCUT2D eigenvalue weighted by Gasteiger charge is -2.06. The van der Waals surface area contributed by atoms with Crippen LogP contribution in [0.1, 0.15) is 33.3 Å². The quantitative estimate of drug-likeness (QED) is 0.880.